The lowest BCUT2D eigenvalue weighted by Gasteiger charge is -2.38. The van der Waals surface area contributed by atoms with Crippen molar-refractivity contribution in [3.63, 3.8) is 0 Å². The lowest BCUT2D eigenvalue weighted by molar-refractivity contribution is -0.112. The summed E-state index contributed by atoms with van der Waals surface area (Å²) in [6.45, 7) is 2.03. The lowest BCUT2D eigenvalue weighted by atomic mass is 10.1. The molecule has 1 saturated carbocycles. The van der Waals surface area contributed by atoms with Crippen LogP contribution >= 0.6 is 0 Å². The Morgan fingerprint density at radius 2 is 1.54 bits per heavy atom. The molecule has 4 aromatic carbocycles. The molecule has 0 unspecified atom stereocenters. The van der Waals surface area contributed by atoms with Crippen LogP contribution in [0, 0.1) is 11.6 Å². The number of aromatic nitrogens is 1. The van der Waals surface area contributed by atoms with Crippen molar-refractivity contribution in [3.05, 3.63) is 111 Å². The largest absolute Gasteiger partial charge is 0.493 e. The van der Waals surface area contributed by atoms with Crippen molar-refractivity contribution < 1.29 is 37.7 Å². The van der Waals surface area contributed by atoms with Crippen LogP contribution in [0.3, 0.4) is 0 Å². The third-order valence-corrected chi connectivity index (χ3v) is 10.4. The molecule has 2 fully saturated rings. The van der Waals surface area contributed by atoms with Crippen molar-refractivity contribution in [2.24, 2.45) is 9.98 Å². The zero-order chi connectivity index (χ0) is 40.0. The number of hydrogen-bond acceptors (Lipinski definition) is 10. The number of carboxylic acid groups (broad SMARTS) is 1. The number of carboxylic acids is 1. The Hall–Kier alpha value is -6.61. The molecule has 1 N–H and O–H groups in total. The number of piperazine rings is 1. The fourth-order valence-electron chi connectivity index (χ4n) is 7.34. The predicted octanol–water partition coefficient (Wildman–Crippen LogP) is 6.34. The molecule has 2 aliphatic heterocycles. The number of carbonyl (C=O) groups is 2. The molecule has 3 heterocycles. The summed E-state index contributed by atoms with van der Waals surface area (Å²) in [4.78, 5) is 53.4. The summed E-state index contributed by atoms with van der Waals surface area (Å²) >= 11 is 0. The number of benzene rings is 4. The predicted molar refractivity (Wildman–Crippen MR) is 212 cm³/mol. The Morgan fingerprint density at radius 1 is 0.860 bits per heavy atom. The van der Waals surface area contributed by atoms with Crippen molar-refractivity contribution in [1.29, 1.82) is 0 Å². The van der Waals surface area contributed by atoms with Gasteiger partial charge in [-0.2, -0.15) is 0 Å². The molecule has 0 radical (unpaired) electrons. The normalized spacial score (nSPS) is 16.5. The van der Waals surface area contributed by atoms with Crippen LogP contribution in [0.15, 0.2) is 87.7 Å². The Kier molecular flexibility index (Phi) is 9.92. The maximum atomic E-state index is 15.6. The molecule has 1 saturated heterocycles. The first-order valence-electron chi connectivity index (χ1n) is 18.3. The second-order valence-electron chi connectivity index (χ2n) is 14.0. The van der Waals surface area contributed by atoms with Crippen LogP contribution < -0.4 is 29.4 Å². The summed E-state index contributed by atoms with van der Waals surface area (Å²) in [5.74, 6) is -1.35. The van der Waals surface area contributed by atoms with Crippen LogP contribution in [0.1, 0.15) is 40.4 Å². The summed E-state index contributed by atoms with van der Waals surface area (Å²) in [5, 5.41) is 9.62. The number of nitrogens with zero attached hydrogens (tertiary/aromatic N) is 6. The fourth-order valence-corrected chi connectivity index (χ4v) is 7.34. The van der Waals surface area contributed by atoms with Crippen LogP contribution in [0.4, 0.5) is 31.5 Å². The van der Waals surface area contributed by atoms with Crippen molar-refractivity contribution in [2.45, 2.75) is 18.9 Å². The van der Waals surface area contributed by atoms with Crippen molar-refractivity contribution >= 4 is 57.5 Å². The van der Waals surface area contributed by atoms with E-state index in [2.05, 4.69) is 14.9 Å². The highest BCUT2D eigenvalue weighted by Crippen LogP contribution is 2.40. The molecule has 292 valence electrons. The molecule has 5 aromatic rings. The SMILES string of the molecule is COc1cc(C=Nc2ccc(N=C3C(=O)N(CN4CCN(c5cc6c(cc5F)c(=O)c(C(=O)O)cn6C5CC5)CC4)c4ccc(F)cc43)cc2)cc(OC)c1OC. The Balaban J connectivity index is 0.977. The van der Waals surface area contributed by atoms with E-state index < -0.39 is 23.0 Å². The topological polar surface area (TPSA) is 138 Å². The highest BCUT2D eigenvalue weighted by atomic mass is 19.1. The van der Waals surface area contributed by atoms with Crippen molar-refractivity contribution in [2.75, 3.05) is 64.0 Å². The van der Waals surface area contributed by atoms with E-state index in [1.54, 1.807) is 64.2 Å². The Bertz CT molecular complexity index is 2520. The molecule has 1 aliphatic carbocycles. The van der Waals surface area contributed by atoms with Gasteiger partial charge in [0, 0.05) is 61.1 Å². The molecule has 15 heteroatoms. The van der Waals surface area contributed by atoms with E-state index in [0.29, 0.717) is 77.3 Å². The summed E-state index contributed by atoms with van der Waals surface area (Å²) < 4.78 is 48.2. The quantitative estimate of drug-likeness (QED) is 0.153. The van der Waals surface area contributed by atoms with Crippen LogP contribution in [0.25, 0.3) is 10.9 Å². The smallest absolute Gasteiger partial charge is 0.341 e. The number of ether oxygens (including phenoxy) is 3. The van der Waals surface area contributed by atoms with E-state index in [0.717, 1.165) is 24.5 Å². The van der Waals surface area contributed by atoms with Crippen molar-refractivity contribution in [1.82, 2.24) is 9.47 Å². The van der Waals surface area contributed by atoms with Gasteiger partial charge in [0.2, 0.25) is 11.2 Å². The molecule has 0 spiro atoms. The minimum Gasteiger partial charge on any atom is -0.493 e. The first-order valence-corrected chi connectivity index (χ1v) is 18.3. The number of methoxy groups -OCH3 is 3. The lowest BCUT2D eigenvalue weighted by Crippen LogP contribution is -2.51. The number of hydrogen-bond donors (Lipinski definition) is 1. The van der Waals surface area contributed by atoms with E-state index in [9.17, 15) is 23.9 Å². The fraction of sp³-hybridized carbons (Fsp3) is 0.262. The number of aliphatic imine (C=N–C) groups is 2. The summed E-state index contributed by atoms with van der Waals surface area (Å²) in [6.07, 6.45) is 4.72. The number of aromatic carboxylic acids is 1. The zero-order valence-electron chi connectivity index (χ0n) is 31.4. The number of halogens is 2. The van der Waals surface area contributed by atoms with E-state index in [1.807, 2.05) is 4.90 Å². The number of carbonyl (C=O) groups excluding carboxylic acids is 1. The van der Waals surface area contributed by atoms with Gasteiger partial charge in [-0.25, -0.2) is 18.6 Å². The van der Waals surface area contributed by atoms with E-state index >= 15 is 4.39 Å². The maximum absolute atomic E-state index is 15.6. The first kappa shape index (κ1) is 37.3. The van der Waals surface area contributed by atoms with Gasteiger partial charge in [0.15, 0.2) is 11.5 Å². The van der Waals surface area contributed by atoms with Crippen LogP contribution in [0.2, 0.25) is 0 Å². The number of pyridine rings is 1. The monoisotopic (exact) mass is 776 g/mol. The second-order valence-corrected chi connectivity index (χ2v) is 14.0. The molecule has 1 aromatic heterocycles. The summed E-state index contributed by atoms with van der Waals surface area (Å²) in [6, 6.07) is 17.5. The molecule has 0 bridgehead atoms. The minimum absolute atomic E-state index is 0.0405. The molecular weight excluding hydrogens is 738 g/mol. The second kappa shape index (κ2) is 15.1. The molecule has 8 rings (SSSR count). The van der Waals surface area contributed by atoms with Gasteiger partial charge in [0.25, 0.3) is 5.91 Å². The van der Waals surface area contributed by atoms with Gasteiger partial charge in [-0.15, -0.1) is 0 Å². The minimum atomic E-state index is -1.34. The average Bonchev–Trinajstić information content (AvgIpc) is 4.03. The highest BCUT2D eigenvalue weighted by Gasteiger charge is 2.36. The maximum Gasteiger partial charge on any atom is 0.341 e. The molecule has 57 heavy (non-hydrogen) atoms. The summed E-state index contributed by atoms with van der Waals surface area (Å²) in [7, 11) is 4.61. The third-order valence-electron chi connectivity index (χ3n) is 10.4. The van der Waals surface area contributed by atoms with Gasteiger partial charge in [-0.05, 0) is 79.6 Å². The number of fused-ring (bicyclic) bond motifs is 2. The van der Waals surface area contributed by atoms with Crippen LogP contribution in [-0.4, -0.2) is 92.6 Å². The molecule has 3 aliphatic rings. The number of rotatable bonds is 11. The Labute approximate surface area is 325 Å². The van der Waals surface area contributed by atoms with Gasteiger partial charge in [0.05, 0.1) is 56.3 Å². The van der Waals surface area contributed by atoms with E-state index in [-0.39, 0.29) is 35.3 Å². The Morgan fingerprint density at radius 3 is 2.18 bits per heavy atom. The standard InChI is InChI=1S/C42H38F2N6O7/c1-55-36-16-24(17-37(56-2)40(36)57-3)21-45-26-5-7-27(8-6-26)46-38-29-18-25(43)4-11-33(29)50(41(38)52)23-47-12-14-48(15-13-47)35-20-34-30(19-32(35)44)39(51)31(42(53)54)22-49(34)28-9-10-28/h4-8,11,16-22,28H,9-10,12-15,23H2,1-3H3,(H,53,54). The van der Waals surface area contributed by atoms with E-state index in [4.69, 9.17) is 14.2 Å². The van der Waals surface area contributed by atoms with Gasteiger partial charge in [-0.3, -0.25) is 24.4 Å². The van der Waals surface area contributed by atoms with E-state index in [1.165, 1.54) is 39.7 Å². The zero-order valence-corrected chi connectivity index (χ0v) is 31.4. The van der Waals surface area contributed by atoms with Gasteiger partial charge in [0.1, 0.15) is 22.9 Å². The van der Waals surface area contributed by atoms with Gasteiger partial charge < -0.3 is 28.8 Å². The van der Waals surface area contributed by atoms with Gasteiger partial charge in [-0.1, -0.05) is 0 Å². The summed E-state index contributed by atoms with van der Waals surface area (Å²) in [5.41, 5.74) is 2.61. The van der Waals surface area contributed by atoms with Crippen LogP contribution in [-0.2, 0) is 4.79 Å². The van der Waals surface area contributed by atoms with Crippen molar-refractivity contribution in [3.8, 4) is 17.2 Å². The number of anilines is 2. The highest BCUT2D eigenvalue weighted by molar-refractivity contribution is 6.54. The first-order chi connectivity index (χ1) is 27.6. The van der Waals surface area contributed by atoms with Crippen LogP contribution in [0.5, 0.6) is 17.2 Å². The third kappa shape index (κ3) is 7.17. The molecule has 13 nitrogen and oxygen atoms in total. The molecule has 0 atom stereocenters. The molecular formula is C42H38F2N6O7. The average molecular weight is 777 g/mol. The molecule has 1 amide bonds. The number of amides is 1. The van der Waals surface area contributed by atoms with Gasteiger partial charge >= 0.3 is 5.97 Å².